The zero-order chi connectivity index (χ0) is 10.5. The summed E-state index contributed by atoms with van der Waals surface area (Å²) in [5, 5.41) is 0. The lowest BCUT2D eigenvalue weighted by Crippen LogP contribution is -2.47. The smallest absolute Gasteiger partial charge is 0.208 e. The second-order valence-corrected chi connectivity index (χ2v) is 5.68. The average Bonchev–Trinajstić information content (AvgIpc) is 1.97. The van der Waals surface area contributed by atoms with Crippen molar-refractivity contribution in [1.29, 1.82) is 0 Å². The molecule has 5 heteroatoms. The Hall–Kier alpha value is -0.130. The van der Waals surface area contributed by atoms with Gasteiger partial charge in [0.05, 0.1) is 6.26 Å². The highest BCUT2D eigenvalue weighted by Crippen LogP contribution is 2.09. The largest absolute Gasteiger partial charge is 0.324 e. The molecule has 0 fully saturated rings. The van der Waals surface area contributed by atoms with Gasteiger partial charge in [0, 0.05) is 12.1 Å². The average molecular weight is 208 g/mol. The maximum absolute atomic E-state index is 10.8. The van der Waals surface area contributed by atoms with E-state index >= 15 is 0 Å². The molecule has 0 spiro atoms. The van der Waals surface area contributed by atoms with E-state index in [1.807, 2.05) is 6.92 Å². The SMILES string of the molecule is CCCCC(C)(N)CNS(C)(=O)=O. The molecule has 0 aromatic carbocycles. The van der Waals surface area contributed by atoms with E-state index < -0.39 is 15.6 Å². The Bertz CT molecular complexity index is 235. The molecule has 13 heavy (non-hydrogen) atoms. The normalized spacial score (nSPS) is 16.9. The van der Waals surface area contributed by atoms with E-state index in [9.17, 15) is 8.42 Å². The highest BCUT2D eigenvalue weighted by atomic mass is 32.2. The van der Waals surface area contributed by atoms with Gasteiger partial charge in [-0.25, -0.2) is 13.1 Å². The van der Waals surface area contributed by atoms with Crippen molar-refractivity contribution in [2.45, 2.75) is 38.6 Å². The van der Waals surface area contributed by atoms with Crippen LogP contribution in [-0.4, -0.2) is 26.8 Å². The molecule has 1 atom stereocenters. The minimum absolute atomic E-state index is 0.311. The van der Waals surface area contributed by atoms with Gasteiger partial charge in [0.25, 0.3) is 0 Å². The number of unbranched alkanes of at least 4 members (excludes halogenated alkanes) is 1. The second kappa shape index (κ2) is 4.93. The van der Waals surface area contributed by atoms with E-state index in [1.54, 1.807) is 0 Å². The van der Waals surface area contributed by atoms with Crippen LogP contribution in [0.4, 0.5) is 0 Å². The van der Waals surface area contributed by atoms with Gasteiger partial charge in [-0.1, -0.05) is 19.8 Å². The van der Waals surface area contributed by atoms with Crippen LogP contribution in [0.5, 0.6) is 0 Å². The van der Waals surface area contributed by atoms with Gasteiger partial charge in [-0.15, -0.1) is 0 Å². The van der Waals surface area contributed by atoms with Gasteiger partial charge < -0.3 is 5.73 Å². The maximum atomic E-state index is 10.8. The van der Waals surface area contributed by atoms with Crippen LogP contribution < -0.4 is 10.5 Å². The Morgan fingerprint density at radius 2 is 2.00 bits per heavy atom. The third-order valence-electron chi connectivity index (χ3n) is 1.84. The summed E-state index contributed by atoms with van der Waals surface area (Å²) in [5.41, 5.74) is 5.45. The van der Waals surface area contributed by atoms with Gasteiger partial charge in [0.1, 0.15) is 0 Å². The molecule has 3 N–H and O–H groups in total. The minimum atomic E-state index is -3.11. The number of rotatable bonds is 6. The van der Waals surface area contributed by atoms with Crippen LogP contribution in [0.15, 0.2) is 0 Å². The first-order valence-corrected chi connectivity index (χ1v) is 6.39. The van der Waals surface area contributed by atoms with Crippen molar-refractivity contribution >= 4 is 10.0 Å². The fourth-order valence-electron chi connectivity index (χ4n) is 0.965. The molecule has 0 saturated heterocycles. The van der Waals surface area contributed by atoms with Crippen LogP contribution >= 0.6 is 0 Å². The fraction of sp³-hybridized carbons (Fsp3) is 1.00. The Kier molecular flexibility index (Phi) is 4.88. The number of hydrogen-bond donors (Lipinski definition) is 2. The number of nitrogens with two attached hydrogens (primary N) is 1. The summed E-state index contributed by atoms with van der Waals surface area (Å²) in [7, 11) is -3.11. The van der Waals surface area contributed by atoms with E-state index in [2.05, 4.69) is 11.6 Å². The van der Waals surface area contributed by atoms with Crippen molar-refractivity contribution in [3.8, 4) is 0 Å². The van der Waals surface area contributed by atoms with Gasteiger partial charge in [-0.05, 0) is 13.3 Å². The van der Waals surface area contributed by atoms with Gasteiger partial charge >= 0.3 is 0 Å². The van der Waals surface area contributed by atoms with Crippen molar-refractivity contribution in [3.63, 3.8) is 0 Å². The number of nitrogens with one attached hydrogen (secondary N) is 1. The van der Waals surface area contributed by atoms with Crippen LogP contribution in [-0.2, 0) is 10.0 Å². The molecule has 0 aliphatic rings. The maximum Gasteiger partial charge on any atom is 0.208 e. The van der Waals surface area contributed by atoms with Crippen molar-refractivity contribution in [2.24, 2.45) is 5.73 Å². The molecule has 0 saturated carbocycles. The van der Waals surface area contributed by atoms with Crippen molar-refractivity contribution in [3.05, 3.63) is 0 Å². The molecular formula is C8H20N2O2S. The Balaban J connectivity index is 3.89. The van der Waals surface area contributed by atoms with Crippen LogP contribution in [0.3, 0.4) is 0 Å². The molecule has 0 bridgehead atoms. The van der Waals surface area contributed by atoms with Crippen molar-refractivity contribution < 1.29 is 8.42 Å². The molecule has 4 nitrogen and oxygen atoms in total. The fourth-order valence-corrected chi connectivity index (χ4v) is 1.56. The standard InChI is InChI=1S/C8H20N2O2S/c1-4-5-6-8(2,9)7-10-13(3,11)12/h10H,4-7,9H2,1-3H3. The molecule has 0 aromatic rings. The summed E-state index contributed by atoms with van der Waals surface area (Å²) in [4.78, 5) is 0. The summed E-state index contributed by atoms with van der Waals surface area (Å²) in [6, 6.07) is 0. The molecule has 0 rings (SSSR count). The first kappa shape index (κ1) is 12.9. The third kappa shape index (κ3) is 8.21. The summed E-state index contributed by atoms with van der Waals surface area (Å²) in [6.07, 6.45) is 4.08. The lowest BCUT2D eigenvalue weighted by Gasteiger charge is -2.24. The van der Waals surface area contributed by atoms with E-state index in [0.717, 1.165) is 25.5 Å². The van der Waals surface area contributed by atoms with Gasteiger partial charge in [-0.2, -0.15) is 0 Å². The van der Waals surface area contributed by atoms with Crippen LogP contribution in [0.2, 0.25) is 0 Å². The molecule has 0 heterocycles. The quantitative estimate of drug-likeness (QED) is 0.665. The first-order chi connectivity index (χ1) is 5.77. The predicted molar refractivity (Wildman–Crippen MR) is 55.0 cm³/mol. The monoisotopic (exact) mass is 208 g/mol. The molecule has 1 unspecified atom stereocenters. The summed E-state index contributed by atoms with van der Waals surface area (Å²) >= 11 is 0. The molecule has 0 amide bonds. The van der Waals surface area contributed by atoms with Crippen LogP contribution in [0.1, 0.15) is 33.1 Å². The Labute approximate surface area is 80.9 Å². The lowest BCUT2D eigenvalue weighted by molar-refractivity contribution is 0.411. The molecular weight excluding hydrogens is 188 g/mol. The summed E-state index contributed by atoms with van der Waals surface area (Å²) in [6.45, 7) is 4.26. The zero-order valence-corrected chi connectivity index (χ0v) is 9.45. The van der Waals surface area contributed by atoms with E-state index in [1.165, 1.54) is 0 Å². The molecule has 80 valence electrons. The lowest BCUT2D eigenvalue weighted by atomic mass is 9.97. The molecule has 0 aliphatic heterocycles. The van der Waals surface area contributed by atoms with Crippen LogP contribution in [0.25, 0.3) is 0 Å². The zero-order valence-electron chi connectivity index (χ0n) is 8.63. The Morgan fingerprint density at radius 3 is 2.38 bits per heavy atom. The van der Waals surface area contributed by atoms with E-state index in [4.69, 9.17) is 5.73 Å². The summed E-state index contributed by atoms with van der Waals surface area (Å²) in [5.74, 6) is 0. The van der Waals surface area contributed by atoms with Gasteiger partial charge in [0.15, 0.2) is 0 Å². The van der Waals surface area contributed by atoms with E-state index in [0.29, 0.717) is 6.54 Å². The molecule has 0 radical (unpaired) electrons. The minimum Gasteiger partial charge on any atom is -0.324 e. The number of hydrogen-bond acceptors (Lipinski definition) is 3. The van der Waals surface area contributed by atoms with Gasteiger partial charge in [-0.3, -0.25) is 0 Å². The third-order valence-corrected chi connectivity index (χ3v) is 2.51. The topological polar surface area (TPSA) is 72.2 Å². The Morgan fingerprint density at radius 1 is 1.46 bits per heavy atom. The molecule has 0 aromatic heterocycles. The van der Waals surface area contributed by atoms with Crippen molar-refractivity contribution in [2.75, 3.05) is 12.8 Å². The predicted octanol–water partition coefficient (Wildman–Crippen LogP) is 0.443. The summed E-state index contributed by atoms with van der Waals surface area (Å²) < 4.78 is 24.0. The second-order valence-electron chi connectivity index (χ2n) is 3.85. The molecule has 0 aliphatic carbocycles. The van der Waals surface area contributed by atoms with Crippen molar-refractivity contribution in [1.82, 2.24) is 4.72 Å². The highest BCUT2D eigenvalue weighted by Gasteiger charge is 2.18. The highest BCUT2D eigenvalue weighted by molar-refractivity contribution is 7.88. The van der Waals surface area contributed by atoms with E-state index in [-0.39, 0.29) is 0 Å². The first-order valence-electron chi connectivity index (χ1n) is 4.50. The van der Waals surface area contributed by atoms with Crippen LogP contribution in [0, 0.1) is 0 Å². The van der Waals surface area contributed by atoms with Gasteiger partial charge in [0.2, 0.25) is 10.0 Å². The number of sulfonamides is 1.